The minimum absolute atomic E-state index is 0.226. The van der Waals surface area contributed by atoms with Crippen LogP contribution in [0.3, 0.4) is 0 Å². The van der Waals surface area contributed by atoms with Gasteiger partial charge in [0.05, 0.1) is 6.10 Å². The topological polar surface area (TPSA) is 40.2 Å². The average molecular weight is 232 g/mol. The molecule has 1 aromatic carbocycles. The molecule has 0 bridgehead atoms. The molecule has 0 aliphatic heterocycles. The Morgan fingerprint density at radius 2 is 2.18 bits per heavy atom. The van der Waals surface area contributed by atoms with Crippen molar-refractivity contribution in [3.63, 3.8) is 0 Å². The van der Waals surface area contributed by atoms with Crippen LogP contribution in [-0.4, -0.2) is 24.3 Å². The van der Waals surface area contributed by atoms with E-state index in [1.54, 1.807) is 7.11 Å². The van der Waals surface area contributed by atoms with E-state index in [-0.39, 0.29) is 6.10 Å². The number of nitrogens with zero attached hydrogens (tertiary/aromatic N) is 1. The maximum absolute atomic E-state index is 5.59. The molecule has 1 unspecified atom stereocenters. The predicted molar refractivity (Wildman–Crippen MR) is 71.2 cm³/mol. The van der Waals surface area contributed by atoms with Crippen molar-refractivity contribution in [1.29, 1.82) is 0 Å². The van der Waals surface area contributed by atoms with Crippen LogP contribution in [0.4, 0.5) is 0 Å². The molecular weight excluding hydrogens is 212 g/mol. The highest BCUT2D eigenvalue weighted by atomic mass is 16.5. The Hall–Kier alpha value is -1.32. The van der Waals surface area contributed by atoms with Gasteiger partial charge in [-0.05, 0) is 43.0 Å². The van der Waals surface area contributed by atoms with E-state index in [9.17, 15) is 0 Å². The first kappa shape index (κ1) is 12.1. The lowest BCUT2D eigenvalue weighted by atomic mass is 10.1. The highest BCUT2D eigenvalue weighted by Crippen LogP contribution is 2.18. The summed E-state index contributed by atoms with van der Waals surface area (Å²) in [5.74, 6) is 0. The molecule has 1 heterocycles. The molecule has 3 heteroatoms. The van der Waals surface area contributed by atoms with Gasteiger partial charge in [0.15, 0.2) is 0 Å². The number of hydrogen-bond donors (Lipinski definition) is 1. The summed E-state index contributed by atoms with van der Waals surface area (Å²) in [4.78, 5) is 0. The zero-order chi connectivity index (χ0) is 12.3. The van der Waals surface area contributed by atoms with E-state index in [4.69, 9.17) is 10.5 Å². The first-order valence-electron chi connectivity index (χ1n) is 6.05. The summed E-state index contributed by atoms with van der Waals surface area (Å²) in [6, 6.07) is 8.68. The number of rotatable bonds is 5. The fourth-order valence-corrected chi connectivity index (χ4v) is 2.06. The predicted octanol–water partition coefficient (Wildman–Crippen LogP) is 2.18. The molecule has 92 valence electrons. The Morgan fingerprint density at radius 3 is 2.88 bits per heavy atom. The number of methoxy groups -OCH3 is 1. The van der Waals surface area contributed by atoms with Gasteiger partial charge in [-0.15, -0.1) is 0 Å². The number of ether oxygens (including phenoxy) is 1. The Bertz CT molecular complexity index is 490. The number of benzene rings is 1. The maximum Gasteiger partial charge on any atom is 0.0722 e. The van der Waals surface area contributed by atoms with Crippen LogP contribution in [0.25, 0.3) is 10.9 Å². The second kappa shape index (κ2) is 5.34. The quantitative estimate of drug-likeness (QED) is 0.858. The summed E-state index contributed by atoms with van der Waals surface area (Å²) in [7, 11) is 1.75. The Labute approximate surface area is 102 Å². The van der Waals surface area contributed by atoms with Crippen LogP contribution < -0.4 is 5.73 Å². The average Bonchev–Trinajstić information content (AvgIpc) is 2.72. The smallest absolute Gasteiger partial charge is 0.0722 e. The molecule has 0 fully saturated rings. The number of aromatic nitrogens is 1. The summed E-state index contributed by atoms with van der Waals surface area (Å²) in [6.45, 7) is 3.66. The molecule has 0 saturated carbocycles. The van der Waals surface area contributed by atoms with Crippen molar-refractivity contribution in [1.82, 2.24) is 4.57 Å². The van der Waals surface area contributed by atoms with Gasteiger partial charge in [-0.2, -0.15) is 0 Å². The van der Waals surface area contributed by atoms with E-state index >= 15 is 0 Å². The second-order valence-electron chi connectivity index (χ2n) is 4.45. The van der Waals surface area contributed by atoms with Gasteiger partial charge in [-0.3, -0.25) is 0 Å². The van der Waals surface area contributed by atoms with Crippen LogP contribution in [0.2, 0.25) is 0 Å². The van der Waals surface area contributed by atoms with E-state index in [1.807, 2.05) is 0 Å². The molecule has 0 aliphatic rings. The summed E-state index contributed by atoms with van der Waals surface area (Å²) in [6.07, 6.45) is 3.27. The summed E-state index contributed by atoms with van der Waals surface area (Å²) >= 11 is 0. The molecule has 0 spiro atoms. The molecule has 0 saturated heterocycles. The van der Waals surface area contributed by atoms with Crippen molar-refractivity contribution in [3.05, 3.63) is 36.0 Å². The standard InChI is InChI=1S/C14H20N2O/c1-11(17-2)10-16-8-6-13-4-3-12(5-7-15)9-14(13)16/h3-4,6,8-9,11H,5,7,10,15H2,1-2H3. The van der Waals surface area contributed by atoms with Crippen molar-refractivity contribution in [2.45, 2.75) is 26.0 Å². The molecule has 3 nitrogen and oxygen atoms in total. The largest absolute Gasteiger partial charge is 0.380 e. The fraction of sp³-hybridized carbons (Fsp3) is 0.429. The van der Waals surface area contributed by atoms with E-state index in [1.165, 1.54) is 16.5 Å². The van der Waals surface area contributed by atoms with Gasteiger partial charge < -0.3 is 15.0 Å². The summed E-state index contributed by atoms with van der Waals surface area (Å²) in [5, 5.41) is 1.27. The minimum Gasteiger partial charge on any atom is -0.380 e. The molecule has 0 aliphatic carbocycles. The van der Waals surface area contributed by atoms with Crippen LogP contribution in [-0.2, 0) is 17.7 Å². The SMILES string of the molecule is COC(C)Cn1ccc2ccc(CCN)cc21. The van der Waals surface area contributed by atoms with Gasteiger partial charge in [0, 0.05) is 25.4 Å². The lowest BCUT2D eigenvalue weighted by Crippen LogP contribution is -2.13. The zero-order valence-electron chi connectivity index (χ0n) is 10.5. The molecule has 1 aromatic heterocycles. The van der Waals surface area contributed by atoms with Gasteiger partial charge in [0.1, 0.15) is 0 Å². The van der Waals surface area contributed by atoms with E-state index in [0.717, 1.165) is 13.0 Å². The second-order valence-corrected chi connectivity index (χ2v) is 4.45. The molecule has 2 aromatic rings. The molecule has 1 atom stereocenters. The van der Waals surface area contributed by atoms with Gasteiger partial charge >= 0.3 is 0 Å². The first-order valence-corrected chi connectivity index (χ1v) is 6.05. The number of fused-ring (bicyclic) bond motifs is 1. The van der Waals surface area contributed by atoms with Gasteiger partial charge in [-0.1, -0.05) is 12.1 Å². The van der Waals surface area contributed by atoms with Crippen molar-refractivity contribution >= 4 is 10.9 Å². The van der Waals surface area contributed by atoms with Crippen molar-refractivity contribution in [2.75, 3.05) is 13.7 Å². The van der Waals surface area contributed by atoms with Gasteiger partial charge in [0.2, 0.25) is 0 Å². The number of nitrogens with two attached hydrogens (primary N) is 1. The lowest BCUT2D eigenvalue weighted by molar-refractivity contribution is 0.104. The van der Waals surface area contributed by atoms with Crippen LogP contribution in [0.1, 0.15) is 12.5 Å². The van der Waals surface area contributed by atoms with E-state index < -0.39 is 0 Å². The number of hydrogen-bond acceptors (Lipinski definition) is 2. The first-order chi connectivity index (χ1) is 8.24. The van der Waals surface area contributed by atoms with Crippen molar-refractivity contribution < 1.29 is 4.74 Å². The van der Waals surface area contributed by atoms with Crippen molar-refractivity contribution in [2.24, 2.45) is 5.73 Å². The monoisotopic (exact) mass is 232 g/mol. The third-order valence-corrected chi connectivity index (χ3v) is 3.13. The minimum atomic E-state index is 0.226. The van der Waals surface area contributed by atoms with Gasteiger partial charge in [-0.25, -0.2) is 0 Å². The van der Waals surface area contributed by atoms with Crippen molar-refractivity contribution in [3.8, 4) is 0 Å². The molecular formula is C14H20N2O. The Balaban J connectivity index is 2.32. The fourth-order valence-electron chi connectivity index (χ4n) is 2.06. The van der Waals surface area contributed by atoms with Crippen LogP contribution in [0, 0.1) is 0 Å². The third-order valence-electron chi connectivity index (χ3n) is 3.13. The highest BCUT2D eigenvalue weighted by molar-refractivity contribution is 5.80. The maximum atomic E-state index is 5.59. The van der Waals surface area contributed by atoms with Crippen LogP contribution in [0.15, 0.2) is 30.5 Å². The van der Waals surface area contributed by atoms with E-state index in [0.29, 0.717) is 6.54 Å². The Morgan fingerprint density at radius 1 is 1.35 bits per heavy atom. The molecule has 2 rings (SSSR count). The lowest BCUT2D eigenvalue weighted by Gasteiger charge is -2.12. The normalized spacial score (nSPS) is 13.1. The van der Waals surface area contributed by atoms with E-state index in [2.05, 4.69) is 42.0 Å². The molecule has 2 N–H and O–H groups in total. The molecule has 0 amide bonds. The molecule has 17 heavy (non-hydrogen) atoms. The summed E-state index contributed by atoms with van der Waals surface area (Å²) < 4.78 is 7.55. The Kier molecular flexibility index (Phi) is 3.82. The third kappa shape index (κ3) is 2.68. The zero-order valence-corrected chi connectivity index (χ0v) is 10.5. The molecule has 0 radical (unpaired) electrons. The van der Waals surface area contributed by atoms with Crippen LogP contribution >= 0.6 is 0 Å². The summed E-state index contributed by atoms with van der Waals surface area (Å²) in [5.41, 5.74) is 8.15. The van der Waals surface area contributed by atoms with Crippen LogP contribution in [0.5, 0.6) is 0 Å². The van der Waals surface area contributed by atoms with Gasteiger partial charge in [0.25, 0.3) is 0 Å². The highest BCUT2D eigenvalue weighted by Gasteiger charge is 2.05.